The molecule has 1 aromatic heterocycles. The molecule has 0 saturated carbocycles. The lowest BCUT2D eigenvalue weighted by atomic mass is 9.78. The van der Waals surface area contributed by atoms with E-state index in [-0.39, 0.29) is 71.2 Å². The van der Waals surface area contributed by atoms with Gasteiger partial charge in [-0.2, -0.15) is 0 Å². The second-order valence-corrected chi connectivity index (χ2v) is 13.2. The van der Waals surface area contributed by atoms with Crippen LogP contribution in [0.2, 0.25) is 0 Å². The van der Waals surface area contributed by atoms with Crippen molar-refractivity contribution >= 4 is 35.5 Å². The number of aliphatic hydroxyl groups excluding tert-OH is 1. The zero-order valence-corrected chi connectivity index (χ0v) is 23.7. The molecule has 8 atom stereocenters. The van der Waals surface area contributed by atoms with Gasteiger partial charge in [0.2, 0.25) is 17.7 Å². The van der Waals surface area contributed by atoms with Gasteiger partial charge in [-0.25, -0.2) is 9.48 Å². The Kier molecular flexibility index (Phi) is 7.28. The molecule has 0 bridgehead atoms. The summed E-state index contributed by atoms with van der Waals surface area (Å²) in [5, 5.41) is 40.2. The Labute approximate surface area is 240 Å². The van der Waals surface area contributed by atoms with E-state index in [4.69, 9.17) is 0 Å². The van der Waals surface area contributed by atoms with Crippen molar-refractivity contribution in [2.24, 2.45) is 23.2 Å². The van der Waals surface area contributed by atoms with Crippen molar-refractivity contribution in [1.29, 1.82) is 0 Å². The van der Waals surface area contributed by atoms with Gasteiger partial charge in [-0.1, -0.05) is 6.92 Å². The van der Waals surface area contributed by atoms with Crippen LogP contribution in [0, 0.1) is 23.2 Å². The van der Waals surface area contributed by atoms with Crippen molar-refractivity contribution in [3.8, 4) is 0 Å². The first kappa shape index (κ1) is 28.1. The maximum atomic E-state index is 13.4. The number of fused-ring (bicyclic) bond motifs is 2. The molecule has 0 aliphatic carbocycles. The molecule has 5 N–H and O–H groups in total. The first-order valence-corrected chi connectivity index (χ1v) is 14.8. The van der Waals surface area contributed by atoms with Gasteiger partial charge in [-0.05, 0) is 29.7 Å². The summed E-state index contributed by atoms with van der Waals surface area (Å²) in [6.07, 6.45) is 1.87. The minimum absolute atomic E-state index is 0.000462. The van der Waals surface area contributed by atoms with E-state index < -0.39 is 17.9 Å². The van der Waals surface area contributed by atoms with E-state index in [0.29, 0.717) is 37.5 Å². The number of carbonyl (C=O) groups excluding carboxylic acids is 3. The van der Waals surface area contributed by atoms with E-state index in [2.05, 4.69) is 31.5 Å². The van der Waals surface area contributed by atoms with E-state index in [1.54, 1.807) is 6.92 Å². The van der Waals surface area contributed by atoms with Crippen molar-refractivity contribution in [2.75, 3.05) is 39.3 Å². The number of amides is 3. The molecule has 222 valence electrons. The lowest BCUT2D eigenvalue weighted by Gasteiger charge is -2.47. The van der Waals surface area contributed by atoms with Crippen LogP contribution in [0.3, 0.4) is 0 Å². The summed E-state index contributed by atoms with van der Waals surface area (Å²) in [7, 11) is 0. The molecule has 6 rings (SSSR count). The molecule has 6 heterocycles. The number of carboxylic acid groups (broad SMARTS) is 1. The fourth-order valence-electron chi connectivity index (χ4n) is 7.28. The molecule has 3 amide bonds. The number of rotatable bonds is 9. The third-order valence-electron chi connectivity index (χ3n) is 9.40. The number of tetrazole rings is 1. The van der Waals surface area contributed by atoms with E-state index in [9.17, 15) is 29.4 Å². The number of hydrogen-bond donors (Lipinski definition) is 5. The molecule has 0 radical (unpaired) electrons. The Morgan fingerprint density at radius 3 is 2.80 bits per heavy atom. The predicted octanol–water partition coefficient (Wildman–Crippen LogP) is -2.55. The van der Waals surface area contributed by atoms with E-state index >= 15 is 0 Å². The van der Waals surface area contributed by atoms with Crippen molar-refractivity contribution in [1.82, 2.24) is 46.0 Å². The summed E-state index contributed by atoms with van der Waals surface area (Å²) < 4.78 is 1.28. The summed E-state index contributed by atoms with van der Waals surface area (Å²) >= 11 is 1.43. The van der Waals surface area contributed by atoms with Crippen LogP contribution in [-0.2, 0) is 25.7 Å². The van der Waals surface area contributed by atoms with Crippen LogP contribution in [0.1, 0.15) is 20.3 Å². The Bertz CT molecular complexity index is 1280. The molecule has 0 spiro atoms. The summed E-state index contributed by atoms with van der Waals surface area (Å²) in [6.45, 7) is 6.82. The Morgan fingerprint density at radius 1 is 1.32 bits per heavy atom. The first-order valence-electron chi connectivity index (χ1n) is 13.9. The Hall–Kier alpha value is -3.08. The minimum Gasteiger partial charge on any atom is -0.477 e. The second kappa shape index (κ2) is 10.6. The zero-order chi connectivity index (χ0) is 29.1. The minimum atomic E-state index is -1.16. The van der Waals surface area contributed by atoms with Gasteiger partial charge >= 0.3 is 5.97 Å². The third kappa shape index (κ3) is 4.70. The largest absolute Gasteiger partial charge is 0.477 e. The van der Waals surface area contributed by atoms with Crippen LogP contribution in [-0.4, -0.2) is 127 Å². The predicted molar refractivity (Wildman–Crippen MR) is 144 cm³/mol. The van der Waals surface area contributed by atoms with Crippen molar-refractivity contribution in [3.63, 3.8) is 0 Å². The smallest absolute Gasteiger partial charge is 0.353 e. The molecule has 4 fully saturated rings. The Balaban J connectivity index is 1.09. The third-order valence-corrected chi connectivity index (χ3v) is 10.9. The number of likely N-dealkylation sites (tertiary alicyclic amines) is 1. The van der Waals surface area contributed by atoms with E-state index in [1.165, 1.54) is 27.7 Å². The summed E-state index contributed by atoms with van der Waals surface area (Å²) in [6, 6.07) is -1.26. The van der Waals surface area contributed by atoms with Crippen LogP contribution in [0.25, 0.3) is 0 Å². The van der Waals surface area contributed by atoms with Gasteiger partial charge in [0.05, 0.1) is 24.6 Å². The molecule has 5 aliphatic heterocycles. The highest BCUT2D eigenvalue weighted by Crippen LogP contribution is 2.52. The number of carbonyl (C=O) groups is 4. The standard InChI is InChI=1S/C25H35N9O6S/c1-12-19-18(13(2)29-17(36)7-33-11-28-30-31-33)23(38)34(19)20(24(39)40)21(12)41-15-3-16(27-5-15)22(37)32-6-14-4-26-8-25(14,9-32)10-35/h11-16,18-19,26-27,35H,3-10H2,1-2H3,(H,29,36)(H,39,40)/t12-,13-,14+,15+,16+,18-,19-,25-/m1/s1. The highest BCUT2D eigenvalue weighted by Gasteiger charge is 2.60. The maximum absolute atomic E-state index is 13.4. The summed E-state index contributed by atoms with van der Waals surface area (Å²) in [4.78, 5) is 55.2. The van der Waals surface area contributed by atoms with Crippen LogP contribution in [0.5, 0.6) is 0 Å². The monoisotopic (exact) mass is 589 g/mol. The quantitative estimate of drug-likeness (QED) is 0.190. The molecule has 16 heteroatoms. The van der Waals surface area contributed by atoms with Crippen molar-refractivity contribution < 1.29 is 29.4 Å². The van der Waals surface area contributed by atoms with Gasteiger partial charge in [-0.15, -0.1) is 16.9 Å². The van der Waals surface area contributed by atoms with E-state index in [0.717, 1.165) is 6.54 Å². The number of hydrogen-bond acceptors (Lipinski definition) is 11. The molecule has 0 unspecified atom stereocenters. The second-order valence-electron chi connectivity index (χ2n) is 11.9. The van der Waals surface area contributed by atoms with Gasteiger partial charge in [0.1, 0.15) is 18.6 Å². The molecule has 5 aliphatic rings. The van der Waals surface area contributed by atoms with Gasteiger partial charge in [0.15, 0.2) is 0 Å². The molecule has 15 nitrogen and oxygen atoms in total. The number of aliphatic carboxylic acids is 1. The highest BCUT2D eigenvalue weighted by atomic mass is 32.2. The topological polar surface area (TPSA) is 195 Å². The number of nitrogens with zero attached hydrogens (tertiary/aromatic N) is 6. The van der Waals surface area contributed by atoms with Crippen LogP contribution in [0.4, 0.5) is 0 Å². The maximum Gasteiger partial charge on any atom is 0.353 e. The van der Waals surface area contributed by atoms with Gasteiger partial charge in [0.25, 0.3) is 0 Å². The molecule has 4 saturated heterocycles. The zero-order valence-electron chi connectivity index (χ0n) is 22.9. The number of β-lactam (4-membered cyclic amide) rings is 1. The van der Waals surface area contributed by atoms with Gasteiger partial charge in [0, 0.05) is 60.3 Å². The lowest BCUT2D eigenvalue weighted by Crippen LogP contribution is -2.66. The molecule has 0 aromatic carbocycles. The van der Waals surface area contributed by atoms with Gasteiger partial charge < -0.3 is 36.0 Å². The fourth-order valence-corrected chi connectivity index (χ4v) is 8.76. The van der Waals surface area contributed by atoms with Crippen LogP contribution in [0.15, 0.2) is 16.9 Å². The summed E-state index contributed by atoms with van der Waals surface area (Å²) in [5.41, 5.74) is -0.273. The summed E-state index contributed by atoms with van der Waals surface area (Å²) in [5.74, 6) is -2.37. The fraction of sp³-hybridized carbons (Fsp3) is 0.720. The highest BCUT2D eigenvalue weighted by molar-refractivity contribution is 8.03. The lowest BCUT2D eigenvalue weighted by molar-refractivity contribution is -0.158. The van der Waals surface area contributed by atoms with Crippen molar-refractivity contribution in [3.05, 3.63) is 16.9 Å². The van der Waals surface area contributed by atoms with E-state index in [1.807, 2.05) is 11.8 Å². The number of carboxylic acids is 1. The number of aromatic nitrogens is 4. The van der Waals surface area contributed by atoms with Crippen molar-refractivity contribution in [2.45, 2.75) is 50.2 Å². The van der Waals surface area contributed by atoms with Crippen LogP contribution >= 0.6 is 11.8 Å². The Morgan fingerprint density at radius 2 is 2.12 bits per heavy atom. The first-order chi connectivity index (χ1) is 19.6. The number of thioether (sulfide) groups is 1. The normalized spacial score (nSPS) is 35.0. The number of aliphatic hydroxyl groups is 1. The average Bonchev–Trinajstić information content (AvgIpc) is 3.73. The SMILES string of the molecule is C[C@@H](NC(=O)Cn1cnnn1)[C@H]1C(=O)N2C(C(=O)O)=C(S[C@@H]3CN[C@H](C(=O)N4C[C@@H]5CNC[C@]5(CO)C4)C3)[C@H](C)[C@H]12. The number of nitrogens with one attached hydrogen (secondary N) is 3. The molecular weight excluding hydrogens is 554 g/mol. The average molecular weight is 590 g/mol. The van der Waals surface area contributed by atoms with Crippen LogP contribution < -0.4 is 16.0 Å². The molecular formula is C25H35N9O6S. The molecule has 1 aromatic rings. The molecule has 41 heavy (non-hydrogen) atoms. The van der Waals surface area contributed by atoms with Gasteiger partial charge in [-0.3, -0.25) is 14.4 Å².